The number of carbonyl (C=O) groups is 6. The highest BCUT2D eigenvalue weighted by molar-refractivity contribution is 6.32. The van der Waals surface area contributed by atoms with Gasteiger partial charge in [-0.05, 0) is 67.7 Å². The quantitative estimate of drug-likeness (QED) is 0.347. The van der Waals surface area contributed by atoms with Gasteiger partial charge in [0.25, 0.3) is 0 Å². The molecule has 2 saturated carbocycles. The molecular weight excluding hydrogens is 553 g/mol. The monoisotopic (exact) mass is 581 g/mol. The van der Waals surface area contributed by atoms with Crippen LogP contribution in [0.5, 0.6) is 5.75 Å². The second kappa shape index (κ2) is 10.1. The van der Waals surface area contributed by atoms with E-state index in [4.69, 9.17) is 5.73 Å². The van der Waals surface area contributed by atoms with Gasteiger partial charge >= 0.3 is 6.09 Å². The van der Waals surface area contributed by atoms with Crippen LogP contribution in [0.1, 0.15) is 22.3 Å². The van der Waals surface area contributed by atoms with Gasteiger partial charge in [0.05, 0.1) is 30.3 Å². The van der Waals surface area contributed by atoms with Crippen molar-refractivity contribution in [1.29, 1.82) is 0 Å². The summed E-state index contributed by atoms with van der Waals surface area (Å²) in [5.74, 6) is -11.4. The molecule has 13 heteroatoms. The maximum atomic E-state index is 14.2. The predicted octanol–water partition coefficient (Wildman–Crippen LogP) is 0.991. The highest BCUT2D eigenvalue weighted by atomic mass is 19.2. The van der Waals surface area contributed by atoms with Crippen LogP contribution in [0.25, 0.3) is 11.1 Å². The van der Waals surface area contributed by atoms with Crippen LogP contribution in [0.4, 0.5) is 15.0 Å². The number of carbonyl (C=O) groups excluding carboxylic acids is 6. The van der Waals surface area contributed by atoms with Crippen molar-refractivity contribution in [2.45, 2.75) is 24.5 Å². The summed E-state index contributed by atoms with van der Waals surface area (Å²) >= 11 is 0. The van der Waals surface area contributed by atoms with E-state index in [-0.39, 0.29) is 29.2 Å². The molecule has 0 aliphatic heterocycles. The maximum Gasteiger partial charge on any atom is 0.442 e. The van der Waals surface area contributed by atoms with Crippen molar-refractivity contribution in [2.24, 2.45) is 29.4 Å². The number of aromatic hydroxyl groups is 1. The molecule has 2 amide bonds. The number of ketones is 4. The molecule has 0 heterocycles. The van der Waals surface area contributed by atoms with Gasteiger partial charge in [0.2, 0.25) is 5.91 Å². The van der Waals surface area contributed by atoms with E-state index in [9.17, 15) is 43.5 Å². The van der Waals surface area contributed by atoms with Gasteiger partial charge in [0.1, 0.15) is 5.75 Å². The summed E-state index contributed by atoms with van der Waals surface area (Å²) in [6.45, 7) is 0. The SMILES string of the molecule is COC(=O)N(F)c1ccc(-c2ccc(O)c3c2CC2CC4C(N(C)C)C(=O)C(C(N)=O)C(=O)C4(O)C(=O)C2C3=O)cc1. The third-order valence-corrected chi connectivity index (χ3v) is 8.68. The van der Waals surface area contributed by atoms with Crippen LogP contribution >= 0.6 is 0 Å². The van der Waals surface area contributed by atoms with Crippen molar-refractivity contribution in [3.05, 3.63) is 47.5 Å². The molecule has 0 bridgehead atoms. The number of hydrogen-bond donors (Lipinski definition) is 3. The third kappa shape index (κ3) is 4.02. The number of nitrogens with zero attached hydrogens (tertiary/aromatic N) is 2. The molecule has 2 fully saturated rings. The van der Waals surface area contributed by atoms with Gasteiger partial charge in [-0.1, -0.05) is 22.7 Å². The number of phenols is 1. The molecule has 6 unspecified atom stereocenters. The minimum Gasteiger partial charge on any atom is -0.507 e. The van der Waals surface area contributed by atoms with Crippen LogP contribution < -0.4 is 10.9 Å². The smallest absolute Gasteiger partial charge is 0.442 e. The lowest BCUT2D eigenvalue weighted by molar-refractivity contribution is -0.181. The molecule has 0 spiro atoms. The second-order valence-electron chi connectivity index (χ2n) is 11.1. The number of fused-ring (bicyclic) bond motifs is 3. The van der Waals surface area contributed by atoms with Crippen LogP contribution in [0.3, 0.4) is 0 Å². The van der Waals surface area contributed by atoms with Crippen LogP contribution in [0.15, 0.2) is 36.4 Å². The topological polar surface area (TPSA) is 185 Å². The molecule has 0 saturated heterocycles. The minimum atomic E-state index is -2.81. The van der Waals surface area contributed by atoms with Crippen molar-refractivity contribution >= 4 is 40.8 Å². The lowest BCUT2D eigenvalue weighted by Gasteiger charge is -2.52. The summed E-state index contributed by atoms with van der Waals surface area (Å²) in [7, 11) is 4.05. The van der Waals surface area contributed by atoms with Gasteiger partial charge in [-0.15, -0.1) is 5.12 Å². The first kappa shape index (κ1) is 29.0. The molecule has 220 valence electrons. The van der Waals surface area contributed by atoms with Gasteiger partial charge < -0.3 is 20.7 Å². The number of aliphatic hydroxyl groups is 1. The van der Waals surface area contributed by atoms with E-state index in [0.717, 1.165) is 7.11 Å². The number of phenolic OH excluding ortho intramolecular Hbond substituents is 1. The number of likely N-dealkylation sites (N-methyl/N-ethyl adjacent to an activating group) is 1. The van der Waals surface area contributed by atoms with Gasteiger partial charge in [-0.3, -0.25) is 28.9 Å². The molecule has 2 aromatic rings. The van der Waals surface area contributed by atoms with Gasteiger partial charge in [-0.25, -0.2) is 4.79 Å². The summed E-state index contributed by atoms with van der Waals surface area (Å²) in [5, 5.41) is 22.2. The zero-order valence-electron chi connectivity index (χ0n) is 22.9. The van der Waals surface area contributed by atoms with Gasteiger partial charge in [0.15, 0.2) is 34.7 Å². The van der Waals surface area contributed by atoms with E-state index in [0.29, 0.717) is 16.7 Å². The number of methoxy groups -OCH3 is 1. The normalized spacial score (nSPS) is 28.6. The zero-order valence-corrected chi connectivity index (χ0v) is 22.9. The Balaban J connectivity index is 1.59. The van der Waals surface area contributed by atoms with E-state index in [1.54, 1.807) is 6.07 Å². The van der Waals surface area contributed by atoms with Gasteiger partial charge in [0, 0.05) is 5.92 Å². The van der Waals surface area contributed by atoms with Crippen molar-refractivity contribution < 1.29 is 48.2 Å². The Bertz CT molecular complexity index is 1560. The van der Waals surface area contributed by atoms with E-state index in [1.807, 2.05) is 0 Å². The summed E-state index contributed by atoms with van der Waals surface area (Å²) in [4.78, 5) is 79.4. The summed E-state index contributed by atoms with van der Waals surface area (Å²) in [5.41, 5.74) is 3.65. The lowest BCUT2D eigenvalue weighted by atomic mass is 9.52. The van der Waals surface area contributed by atoms with Gasteiger partial charge in [-0.2, -0.15) is 0 Å². The molecule has 0 radical (unpaired) electrons. The Morgan fingerprint density at radius 1 is 1.05 bits per heavy atom. The first-order valence-corrected chi connectivity index (χ1v) is 13.1. The number of halogens is 1. The Labute approximate surface area is 238 Å². The Morgan fingerprint density at radius 2 is 1.69 bits per heavy atom. The number of Topliss-reactive ketones (excluding diaryl/α,β-unsaturated/α-hetero) is 4. The van der Waals surface area contributed by atoms with E-state index in [2.05, 4.69) is 4.74 Å². The standard InChI is InChI=1S/C29H28FN3O9/c1-32(2)22-17-11-13-10-16-15(12-4-6-14(7-5-12)33(30)28(40)42-3)8-9-18(34)20(16)23(35)19(13)25(37)29(17,41)26(38)21(24(22)36)27(31)39/h4-9,13,17,19,21-22,34,41H,10-11H2,1-3H3,(H2,31,39). The van der Waals surface area contributed by atoms with Crippen molar-refractivity contribution in [3.8, 4) is 16.9 Å². The number of primary amides is 1. The van der Waals surface area contributed by atoms with Crippen LogP contribution in [0.2, 0.25) is 0 Å². The molecule has 5 rings (SSSR count). The van der Waals surface area contributed by atoms with E-state index in [1.165, 1.54) is 49.3 Å². The fourth-order valence-electron chi connectivity index (χ4n) is 6.83. The predicted molar refractivity (Wildman–Crippen MR) is 143 cm³/mol. The third-order valence-electron chi connectivity index (χ3n) is 8.68. The number of rotatable bonds is 4. The molecule has 4 N–H and O–H groups in total. The van der Waals surface area contributed by atoms with Crippen LogP contribution in [-0.2, 0) is 30.3 Å². The number of amides is 2. The van der Waals surface area contributed by atoms with E-state index >= 15 is 0 Å². The maximum absolute atomic E-state index is 14.2. The van der Waals surface area contributed by atoms with E-state index < -0.39 is 76.2 Å². The molecule has 2 aromatic carbocycles. The first-order valence-electron chi connectivity index (χ1n) is 13.1. The molecule has 6 atom stereocenters. The summed E-state index contributed by atoms with van der Waals surface area (Å²) in [6.07, 6.45) is -1.25. The van der Waals surface area contributed by atoms with Crippen LogP contribution in [0, 0.1) is 23.7 Å². The number of nitrogens with two attached hydrogens (primary N) is 1. The highest BCUT2D eigenvalue weighted by Crippen LogP contribution is 2.51. The first-order chi connectivity index (χ1) is 19.7. The van der Waals surface area contributed by atoms with Crippen molar-refractivity contribution in [3.63, 3.8) is 0 Å². The summed E-state index contributed by atoms with van der Waals surface area (Å²) < 4.78 is 18.6. The fourth-order valence-corrected chi connectivity index (χ4v) is 6.83. The summed E-state index contributed by atoms with van der Waals surface area (Å²) in [6, 6.07) is 7.25. The number of ether oxygens (including phenoxy) is 1. The average molecular weight is 582 g/mol. The fraction of sp³-hybridized carbons (Fsp3) is 0.379. The molecular formula is C29H28FN3O9. The van der Waals surface area contributed by atoms with Crippen molar-refractivity contribution in [1.82, 2.24) is 4.90 Å². The zero-order chi connectivity index (χ0) is 30.8. The lowest BCUT2D eigenvalue weighted by Crippen LogP contribution is -2.74. The molecule has 12 nitrogen and oxygen atoms in total. The number of benzene rings is 2. The Morgan fingerprint density at radius 3 is 2.26 bits per heavy atom. The number of hydrogen-bond acceptors (Lipinski definition) is 10. The second-order valence-corrected chi connectivity index (χ2v) is 11.1. The average Bonchev–Trinajstić information content (AvgIpc) is 2.94. The largest absolute Gasteiger partial charge is 0.507 e. The molecule has 0 aromatic heterocycles. The Kier molecular flexibility index (Phi) is 6.98. The van der Waals surface area contributed by atoms with Crippen molar-refractivity contribution in [2.75, 3.05) is 26.3 Å². The minimum absolute atomic E-state index is 0.0642. The molecule has 42 heavy (non-hydrogen) atoms. The molecule has 3 aliphatic carbocycles. The molecule has 3 aliphatic rings. The van der Waals surface area contributed by atoms with Crippen LogP contribution in [-0.4, -0.2) is 83.1 Å². The Hall–Kier alpha value is -4.49. The highest BCUT2D eigenvalue weighted by Gasteiger charge is 2.69. The number of anilines is 1.